The van der Waals surface area contributed by atoms with Gasteiger partial charge in [0.1, 0.15) is 12.4 Å². The van der Waals surface area contributed by atoms with E-state index in [0.717, 1.165) is 9.13 Å². The van der Waals surface area contributed by atoms with E-state index in [-0.39, 0.29) is 0 Å². The van der Waals surface area contributed by atoms with Gasteiger partial charge in [-0.2, -0.15) is 0 Å². The van der Waals surface area contributed by atoms with Gasteiger partial charge in [0.25, 0.3) is 0 Å². The average molecular weight is 164 g/mol. The quantitative estimate of drug-likeness (QED) is 0.405. The van der Waals surface area contributed by atoms with Crippen molar-refractivity contribution in [3.05, 3.63) is 12.4 Å². The number of hydrogen-bond acceptors (Lipinski definition) is 0. The first kappa shape index (κ1) is 8.16. The highest BCUT2D eigenvalue weighted by Crippen LogP contribution is 2.05. The normalized spacial score (nSPS) is 12.1. The van der Waals surface area contributed by atoms with E-state index >= 15 is 0 Å². The molecular formula is C5H8BF3N2. The Morgan fingerprint density at radius 1 is 1.45 bits per heavy atom. The van der Waals surface area contributed by atoms with Gasteiger partial charge in [-0.15, -0.1) is 0 Å². The SMILES string of the molecule is Cn1cc[n+](C)c1[B-](F)(F)F. The predicted octanol–water partition coefficient (Wildman–Crippen LogP) is -0.0960. The van der Waals surface area contributed by atoms with E-state index < -0.39 is 12.7 Å². The molecule has 2 nitrogen and oxygen atoms in total. The second kappa shape index (κ2) is 2.28. The van der Waals surface area contributed by atoms with Crippen molar-refractivity contribution < 1.29 is 17.5 Å². The average Bonchev–Trinajstić information content (AvgIpc) is 2.08. The number of hydrogen-bond donors (Lipinski definition) is 0. The molecule has 0 unspecified atom stereocenters. The minimum Gasteiger partial charge on any atom is -0.440 e. The van der Waals surface area contributed by atoms with Gasteiger partial charge in [0.2, 0.25) is 0 Å². The van der Waals surface area contributed by atoms with Gasteiger partial charge >= 0.3 is 6.98 Å². The molecule has 0 fully saturated rings. The molecule has 11 heavy (non-hydrogen) atoms. The van der Waals surface area contributed by atoms with E-state index in [1.54, 1.807) is 0 Å². The summed E-state index contributed by atoms with van der Waals surface area (Å²) in [5.41, 5.74) is -0.593. The molecule has 62 valence electrons. The lowest BCUT2D eigenvalue weighted by Crippen LogP contribution is -2.58. The second-order valence-corrected chi connectivity index (χ2v) is 2.45. The number of halogens is 3. The highest BCUT2D eigenvalue weighted by atomic mass is 19.4. The Balaban J connectivity index is 3.21. The first-order valence-electron chi connectivity index (χ1n) is 3.13. The van der Waals surface area contributed by atoms with Crippen LogP contribution in [0, 0.1) is 0 Å². The Bertz CT molecular complexity index is 246. The summed E-state index contributed by atoms with van der Waals surface area (Å²) >= 11 is 0. The zero-order chi connectivity index (χ0) is 8.65. The van der Waals surface area contributed by atoms with Crippen LogP contribution < -0.4 is 10.3 Å². The van der Waals surface area contributed by atoms with Crippen LogP contribution in [0.5, 0.6) is 0 Å². The van der Waals surface area contributed by atoms with Crippen molar-refractivity contribution in [1.29, 1.82) is 0 Å². The molecule has 0 saturated carbocycles. The van der Waals surface area contributed by atoms with E-state index in [9.17, 15) is 12.9 Å². The number of rotatable bonds is 1. The van der Waals surface area contributed by atoms with Crippen LogP contribution >= 0.6 is 0 Å². The zero-order valence-electron chi connectivity index (χ0n) is 6.26. The number of aryl methyl sites for hydroxylation is 2. The molecule has 1 aromatic rings. The van der Waals surface area contributed by atoms with E-state index in [0.29, 0.717) is 0 Å². The van der Waals surface area contributed by atoms with Crippen LogP contribution in [0.15, 0.2) is 12.4 Å². The molecule has 1 rings (SSSR count). The van der Waals surface area contributed by atoms with Crippen molar-refractivity contribution in [2.45, 2.75) is 0 Å². The van der Waals surface area contributed by atoms with E-state index in [2.05, 4.69) is 0 Å². The van der Waals surface area contributed by atoms with Crippen molar-refractivity contribution in [2.24, 2.45) is 14.1 Å². The van der Waals surface area contributed by atoms with Gasteiger partial charge in [-0.1, -0.05) is 0 Å². The van der Waals surface area contributed by atoms with E-state index in [4.69, 9.17) is 0 Å². The van der Waals surface area contributed by atoms with Crippen molar-refractivity contribution >= 4 is 12.7 Å². The summed E-state index contributed by atoms with van der Waals surface area (Å²) in [5, 5.41) is 0. The molecule has 0 bridgehead atoms. The summed E-state index contributed by atoms with van der Waals surface area (Å²) < 4.78 is 38.6. The Morgan fingerprint density at radius 3 is 2.18 bits per heavy atom. The molecule has 0 aromatic carbocycles. The molecular weight excluding hydrogens is 156 g/mol. The summed E-state index contributed by atoms with van der Waals surface area (Å²) in [6.45, 7) is -4.89. The number of nitrogens with zero attached hydrogens (tertiary/aromatic N) is 2. The third kappa shape index (κ3) is 1.39. The lowest BCUT2D eigenvalue weighted by molar-refractivity contribution is -0.654. The van der Waals surface area contributed by atoms with Gasteiger partial charge in [-0.3, -0.25) is 9.13 Å². The van der Waals surface area contributed by atoms with Gasteiger partial charge in [0.05, 0.1) is 14.1 Å². The third-order valence-corrected chi connectivity index (χ3v) is 1.53. The molecule has 6 heteroatoms. The van der Waals surface area contributed by atoms with Gasteiger partial charge in [-0.05, 0) is 0 Å². The van der Waals surface area contributed by atoms with Crippen LogP contribution in [-0.4, -0.2) is 11.5 Å². The Labute approximate surface area is 62.3 Å². The Hall–Kier alpha value is -0.935. The van der Waals surface area contributed by atoms with Crippen LogP contribution in [0.1, 0.15) is 0 Å². The standard InChI is InChI=1S/C5H8BF3N2/c1-10-3-4-11(2)5(10)6(7,8)9/h3-4H,1-2H3. The van der Waals surface area contributed by atoms with Crippen LogP contribution in [0.3, 0.4) is 0 Å². The number of imidazole rings is 1. The lowest BCUT2D eigenvalue weighted by Gasteiger charge is -2.10. The maximum absolute atomic E-state index is 12.2. The van der Waals surface area contributed by atoms with Crippen LogP contribution in [0.2, 0.25) is 0 Å². The second-order valence-electron chi connectivity index (χ2n) is 2.45. The molecule has 1 aromatic heterocycles. The van der Waals surface area contributed by atoms with Gasteiger partial charge in [0, 0.05) is 0 Å². The van der Waals surface area contributed by atoms with Crippen molar-refractivity contribution in [2.75, 3.05) is 0 Å². The highest BCUT2D eigenvalue weighted by molar-refractivity contribution is 6.71. The fraction of sp³-hybridized carbons (Fsp3) is 0.400. The molecule has 0 aliphatic carbocycles. The molecule has 1 heterocycles. The largest absolute Gasteiger partial charge is 0.589 e. The Morgan fingerprint density at radius 2 is 2.00 bits per heavy atom. The van der Waals surface area contributed by atoms with E-state index in [1.807, 2.05) is 0 Å². The first-order valence-corrected chi connectivity index (χ1v) is 3.13. The van der Waals surface area contributed by atoms with Crippen LogP contribution in [0.25, 0.3) is 0 Å². The Kier molecular flexibility index (Phi) is 1.70. The summed E-state index contributed by atoms with van der Waals surface area (Å²) in [5.74, 6) is 0. The zero-order valence-corrected chi connectivity index (χ0v) is 6.26. The molecule has 0 radical (unpaired) electrons. The fourth-order valence-corrected chi connectivity index (χ4v) is 1.06. The van der Waals surface area contributed by atoms with Crippen molar-refractivity contribution in [3.63, 3.8) is 0 Å². The van der Waals surface area contributed by atoms with Gasteiger partial charge in [-0.25, -0.2) is 0 Å². The van der Waals surface area contributed by atoms with Crippen molar-refractivity contribution in [1.82, 2.24) is 4.57 Å². The molecule has 0 saturated heterocycles. The smallest absolute Gasteiger partial charge is 0.440 e. The number of aromatic nitrogens is 2. The third-order valence-electron chi connectivity index (χ3n) is 1.53. The maximum Gasteiger partial charge on any atom is 0.589 e. The minimum atomic E-state index is -4.89. The molecule has 0 N–H and O–H groups in total. The maximum atomic E-state index is 12.2. The molecule has 0 aliphatic heterocycles. The summed E-state index contributed by atoms with van der Waals surface area (Å²) in [4.78, 5) is 0. The monoisotopic (exact) mass is 164 g/mol. The molecule has 0 atom stereocenters. The fourth-order valence-electron chi connectivity index (χ4n) is 1.06. The lowest BCUT2D eigenvalue weighted by atomic mass is 9.90. The van der Waals surface area contributed by atoms with E-state index in [1.165, 1.54) is 26.5 Å². The summed E-state index contributed by atoms with van der Waals surface area (Å²) in [6, 6.07) is 0. The highest BCUT2D eigenvalue weighted by Gasteiger charge is 2.37. The molecule has 0 aliphatic rings. The van der Waals surface area contributed by atoms with Gasteiger partial charge < -0.3 is 12.9 Å². The summed E-state index contributed by atoms with van der Waals surface area (Å²) in [7, 11) is 2.76. The van der Waals surface area contributed by atoms with Crippen molar-refractivity contribution in [3.8, 4) is 0 Å². The topological polar surface area (TPSA) is 8.81 Å². The predicted molar refractivity (Wildman–Crippen MR) is 35.3 cm³/mol. The van der Waals surface area contributed by atoms with Crippen LogP contribution in [-0.2, 0) is 14.1 Å². The molecule has 0 spiro atoms. The summed E-state index contributed by atoms with van der Waals surface area (Å²) in [6.07, 6.45) is 2.76. The van der Waals surface area contributed by atoms with Crippen LogP contribution in [0.4, 0.5) is 12.9 Å². The first-order chi connectivity index (χ1) is 4.93. The van der Waals surface area contributed by atoms with Gasteiger partial charge in [0.15, 0.2) is 5.72 Å². The molecule has 0 amide bonds. The minimum absolute atomic E-state index is 0.593.